The number of hydrogen-bond acceptors (Lipinski definition) is 4. The molecule has 0 aromatic carbocycles. The molecule has 0 aliphatic carbocycles. The summed E-state index contributed by atoms with van der Waals surface area (Å²) in [4.78, 5) is 22.8. The van der Waals surface area contributed by atoms with Crippen molar-refractivity contribution in [2.24, 2.45) is 0 Å². The third-order valence-electron chi connectivity index (χ3n) is 2.54. The van der Waals surface area contributed by atoms with E-state index in [1.807, 2.05) is 27.7 Å². The lowest BCUT2D eigenvalue weighted by Crippen LogP contribution is -2.31. The maximum atomic E-state index is 11.4. The van der Waals surface area contributed by atoms with Gasteiger partial charge in [-0.05, 0) is 24.2 Å². The van der Waals surface area contributed by atoms with Crippen molar-refractivity contribution in [3.05, 3.63) is 0 Å². The first-order chi connectivity index (χ1) is 7.58. The molecule has 0 spiro atoms. The van der Waals surface area contributed by atoms with Crippen LogP contribution in [0.4, 0.5) is 0 Å². The first kappa shape index (κ1) is 15.4. The van der Waals surface area contributed by atoms with Crippen molar-refractivity contribution in [2.45, 2.75) is 51.9 Å². The number of carbonyl (C=O) groups excluding carboxylic acids is 2. The van der Waals surface area contributed by atoms with E-state index in [0.29, 0.717) is 0 Å². The van der Waals surface area contributed by atoms with Gasteiger partial charge in [-0.15, -0.1) is 0 Å². The van der Waals surface area contributed by atoms with Crippen LogP contribution in [-0.4, -0.2) is 30.0 Å². The Balaban J connectivity index is 4.12. The summed E-state index contributed by atoms with van der Waals surface area (Å²) >= 11 is 0. The van der Waals surface area contributed by atoms with E-state index < -0.39 is 30.0 Å². The van der Waals surface area contributed by atoms with E-state index in [2.05, 4.69) is 0 Å². The highest BCUT2D eigenvalue weighted by Gasteiger charge is 2.23. The number of rotatable bonds is 6. The molecule has 0 aromatic heterocycles. The highest BCUT2D eigenvalue weighted by molar-refractivity contribution is 6.59. The van der Waals surface area contributed by atoms with Crippen LogP contribution < -0.4 is 0 Å². The molecule has 0 radical (unpaired) electrons. The summed E-state index contributed by atoms with van der Waals surface area (Å²) in [5, 5.41) is 0. The topological polar surface area (TPSA) is 52.6 Å². The fraction of sp³-hybridized carbons (Fsp3) is 0.800. The van der Waals surface area contributed by atoms with Crippen molar-refractivity contribution in [3.8, 4) is 0 Å². The molecule has 0 fully saturated rings. The molecular formula is C10H22O4Si2. The Morgan fingerprint density at radius 3 is 1.19 bits per heavy atom. The molecule has 6 heteroatoms. The van der Waals surface area contributed by atoms with Gasteiger partial charge in [0.1, 0.15) is 0 Å². The Bertz CT molecular complexity index is 201. The van der Waals surface area contributed by atoms with Crippen LogP contribution in [0.5, 0.6) is 0 Å². The summed E-state index contributed by atoms with van der Waals surface area (Å²) in [6, 6.07) is 3.44. The molecule has 0 unspecified atom stereocenters. The van der Waals surface area contributed by atoms with E-state index in [1.54, 1.807) is 0 Å². The molecule has 0 aromatic rings. The lowest BCUT2D eigenvalue weighted by molar-refractivity contribution is -0.156. The van der Waals surface area contributed by atoms with Crippen molar-refractivity contribution in [1.29, 1.82) is 0 Å². The average molecular weight is 262 g/mol. The van der Waals surface area contributed by atoms with Gasteiger partial charge in [0.15, 0.2) is 0 Å². The van der Waals surface area contributed by atoms with E-state index in [9.17, 15) is 9.59 Å². The van der Waals surface area contributed by atoms with Crippen LogP contribution in [0.3, 0.4) is 0 Å². The van der Waals surface area contributed by atoms with Crippen LogP contribution in [0.2, 0.25) is 24.2 Å². The Morgan fingerprint density at radius 2 is 1.00 bits per heavy atom. The fourth-order valence-electron chi connectivity index (χ4n) is 1.31. The molecule has 0 rings (SSSR count). The van der Waals surface area contributed by atoms with Crippen LogP contribution in [0.1, 0.15) is 27.7 Å². The lowest BCUT2D eigenvalue weighted by atomic mass is 10.7. The third-order valence-corrected chi connectivity index (χ3v) is 7.27. The minimum absolute atomic E-state index is 0.778. The smallest absolute Gasteiger partial charge is 0.402 e. The highest BCUT2D eigenvalue weighted by Crippen LogP contribution is 2.04. The van der Waals surface area contributed by atoms with Crippen molar-refractivity contribution in [2.75, 3.05) is 0 Å². The van der Waals surface area contributed by atoms with Crippen LogP contribution in [0, 0.1) is 0 Å². The third kappa shape index (κ3) is 5.46. The molecule has 0 bridgehead atoms. The lowest BCUT2D eigenvalue weighted by Gasteiger charge is -2.15. The Labute approximate surface area is 101 Å². The monoisotopic (exact) mass is 262 g/mol. The number of carbonyl (C=O) groups is 2. The van der Waals surface area contributed by atoms with Crippen LogP contribution in [0.15, 0.2) is 0 Å². The summed E-state index contributed by atoms with van der Waals surface area (Å²) in [6.07, 6.45) is 0. The molecule has 0 saturated heterocycles. The number of hydrogen-bond donors (Lipinski definition) is 0. The molecule has 0 amide bonds. The molecule has 94 valence electrons. The molecule has 0 N–H and O–H groups in total. The first-order valence-corrected chi connectivity index (χ1v) is 10.2. The van der Waals surface area contributed by atoms with Gasteiger partial charge in [-0.25, -0.2) is 9.59 Å². The van der Waals surface area contributed by atoms with E-state index in [1.165, 1.54) is 0 Å². The maximum Gasteiger partial charge on any atom is 0.402 e. The second-order valence-corrected chi connectivity index (χ2v) is 9.91. The zero-order valence-corrected chi connectivity index (χ0v) is 12.9. The molecule has 0 saturated carbocycles. The minimum Gasteiger partial charge on any atom is -0.514 e. The van der Waals surface area contributed by atoms with Crippen LogP contribution in [0.25, 0.3) is 0 Å². The van der Waals surface area contributed by atoms with Gasteiger partial charge in [0.25, 0.3) is 0 Å². The minimum atomic E-state index is -1.50. The fourth-order valence-corrected chi connectivity index (χ4v) is 3.93. The van der Waals surface area contributed by atoms with E-state index in [0.717, 1.165) is 24.2 Å². The van der Waals surface area contributed by atoms with Crippen LogP contribution in [-0.2, 0) is 18.4 Å². The summed E-state index contributed by atoms with van der Waals surface area (Å²) in [5.74, 6) is -1.56. The van der Waals surface area contributed by atoms with Gasteiger partial charge in [-0.3, -0.25) is 0 Å². The van der Waals surface area contributed by atoms with Crippen molar-refractivity contribution in [1.82, 2.24) is 0 Å². The predicted molar refractivity (Wildman–Crippen MR) is 68.4 cm³/mol. The summed E-state index contributed by atoms with van der Waals surface area (Å²) < 4.78 is 10.3. The Hall–Kier alpha value is -0.626. The molecule has 16 heavy (non-hydrogen) atoms. The molecule has 0 atom stereocenters. The van der Waals surface area contributed by atoms with E-state index in [-0.39, 0.29) is 0 Å². The summed E-state index contributed by atoms with van der Waals surface area (Å²) in [7, 11) is -3.01. The van der Waals surface area contributed by atoms with Crippen molar-refractivity contribution >= 4 is 30.0 Å². The molecule has 0 aliphatic heterocycles. The zero-order chi connectivity index (χ0) is 12.6. The van der Waals surface area contributed by atoms with Crippen LogP contribution >= 0.6 is 0 Å². The van der Waals surface area contributed by atoms with Gasteiger partial charge < -0.3 is 8.85 Å². The second kappa shape index (κ2) is 8.52. The van der Waals surface area contributed by atoms with E-state index in [4.69, 9.17) is 8.85 Å². The first-order valence-electron chi connectivity index (χ1n) is 6.00. The van der Waals surface area contributed by atoms with Gasteiger partial charge in [0.05, 0.1) is 0 Å². The highest BCUT2D eigenvalue weighted by atomic mass is 28.3. The molecule has 4 nitrogen and oxygen atoms in total. The predicted octanol–water partition coefficient (Wildman–Crippen LogP) is 1.60. The standard InChI is InChI=1S/C10H22O4Si2/c1-5-15(6-2)13-9(11)10(12)14-16(7-3)8-4/h15-16H,5-8H2,1-4H3. The molecular weight excluding hydrogens is 240 g/mol. The van der Waals surface area contributed by atoms with Crippen molar-refractivity contribution in [3.63, 3.8) is 0 Å². The Morgan fingerprint density at radius 1 is 0.750 bits per heavy atom. The normalized spacial score (nSPS) is 10.6. The summed E-state index contributed by atoms with van der Waals surface area (Å²) in [5.41, 5.74) is 0. The van der Waals surface area contributed by atoms with Gasteiger partial charge in [0.2, 0.25) is 18.1 Å². The molecule has 0 aliphatic rings. The van der Waals surface area contributed by atoms with Gasteiger partial charge in [-0.1, -0.05) is 27.7 Å². The average Bonchev–Trinajstić information content (AvgIpc) is 2.32. The largest absolute Gasteiger partial charge is 0.514 e. The quantitative estimate of drug-likeness (QED) is 0.539. The van der Waals surface area contributed by atoms with Gasteiger partial charge in [0, 0.05) is 0 Å². The SMILES string of the molecule is CC[SiH](CC)OC(=O)C(=O)O[SiH](CC)CC. The van der Waals surface area contributed by atoms with Gasteiger partial charge in [-0.2, -0.15) is 0 Å². The van der Waals surface area contributed by atoms with Crippen molar-refractivity contribution < 1.29 is 18.4 Å². The summed E-state index contributed by atoms with van der Waals surface area (Å²) in [6.45, 7) is 7.92. The second-order valence-electron chi connectivity index (χ2n) is 3.69. The molecule has 0 heterocycles. The van der Waals surface area contributed by atoms with Gasteiger partial charge >= 0.3 is 11.9 Å². The maximum absolute atomic E-state index is 11.4. The zero-order valence-electron chi connectivity index (χ0n) is 10.6. The van der Waals surface area contributed by atoms with E-state index >= 15 is 0 Å². The Kier molecular flexibility index (Phi) is 8.18.